The highest BCUT2D eigenvalue weighted by atomic mass is 79.9. The molecule has 0 aliphatic carbocycles. The van der Waals surface area contributed by atoms with Gasteiger partial charge in [-0.2, -0.15) is 5.10 Å². The Hall–Kier alpha value is -2.51. The van der Waals surface area contributed by atoms with Crippen LogP contribution >= 0.6 is 15.9 Å². The monoisotopic (exact) mass is 413 g/mol. The first kappa shape index (κ1) is 18.3. The third kappa shape index (κ3) is 4.56. The van der Waals surface area contributed by atoms with Gasteiger partial charge in [0.1, 0.15) is 12.7 Å². The molecule has 7 heteroatoms. The Morgan fingerprint density at radius 1 is 1.19 bits per heavy atom. The Kier molecular flexibility index (Phi) is 5.80. The van der Waals surface area contributed by atoms with E-state index in [9.17, 15) is 4.79 Å². The number of carbonyl (C=O) groups excluding carboxylic acids is 1. The third-order valence-electron chi connectivity index (χ3n) is 4.24. The van der Waals surface area contributed by atoms with Crippen molar-refractivity contribution in [2.24, 2.45) is 0 Å². The number of hydrogen-bond donors (Lipinski definition) is 1. The van der Waals surface area contributed by atoms with E-state index in [1.54, 1.807) is 11.0 Å². The molecule has 134 valence electrons. The summed E-state index contributed by atoms with van der Waals surface area (Å²) < 4.78 is 2.69. The van der Waals surface area contributed by atoms with E-state index in [0.717, 1.165) is 21.4 Å². The molecule has 3 aromatic rings. The van der Waals surface area contributed by atoms with Crippen molar-refractivity contribution < 1.29 is 4.79 Å². The number of carbonyl (C=O) groups is 1. The molecular weight excluding hydrogens is 394 g/mol. The van der Waals surface area contributed by atoms with Crippen molar-refractivity contribution in [3.63, 3.8) is 0 Å². The topological polar surface area (TPSA) is 63.1 Å². The maximum atomic E-state index is 12.3. The molecule has 2 aromatic carbocycles. The average molecular weight is 414 g/mol. The summed E-state index contributed by atoms with van der Waals surface area (Å²) in [5.41, 5.74) is 2.87. The highest BCUT2D eigenvalue weighted by Gasteiger charge is 2.15. The van der Waals surface area contributed by atoms with Gasteiger partial charge in [-0.15, -0.1) is 0 Å². The SMILES string of the molecule is CC(c1ccc(-n2cncn2)cc1)N(C)CC(=O)Nc1ccc(Br)cc1. The van der Waals surface area contributed by atoms with Crippen molar-refractivity contribution in [1.82, 2.24) is 19.7 Å². The van der Waals surface area contributed by atoms with Crippen molar-refractivity contribution in [1.29, 1.82) is 0 Å². The smallest absolute Gasteiger partial charge is 0.238 e. The van der Waals surface area contributed by atoms with Gasteiger partial charge < -0.3 is 5.32 Å². The van der Waals surface area contributed by atoms with Crippen LogP contribution in [0.3, 0.4) is 0 Å². The molecule has 1 atom stereocenters. The zero-order chi connectivity index (χ0) is 18.5. The fourth-order valence-electron chi connectivity index (χ4n) is 2.60. The molecule has 0 saturated heterocycles. The Morgan fingerprint density at radius 3 is 2.50 bits per heavy atom. The molecule has 0 radical (unpaired) electrons. The van der Waals surface area contributed by atoms with Crippen molar-refractivity contribution in [3.05, 3.63) is 71.2 Å². The number of nitrogens with zero attached hydrogens (tertiary/aromatic N) is 4. The Balaban J connectivity index is 1.59. The predicted molar refractivity (Wildman–Crippen MR) is 105 cm³/mol. The van der Waals surface area contributed by atoms with Gasteiger partial charge in [0.15, 0.2) is 0 Å². The summed E-state index contributed by atoms with van der Waals surface area (Å²) in [5.74, 6) is -0.0408. The van der Waals surface area contributed by atoms with Crippen LogP contribution in [0.5, 0.6) is 0 Å². The molecule has 26 heavy (non-hydrogen) atoms. The fourth-order valence-corrected chi connectivity index (χ4v) is 2.86. The summed E-state index contributed by atoms with van der Waals surface area (Å²) in [6, 6.07) is 15.7. The van der Waals surface area contributed by atoms with Crippen molar-refractivity contribution in [2.45, 2.75) is 13.0 Å². The lowest BCUT2D eigenvalue weighted by molar-refractivity contribution is -0.117. The number of halogens is 1. The van der Waals surface area contributed by atoms with Crippen LogP contribution in [-0.2, 0) is 4.79 Å². The molecule has 0 spiro atoms. The highest BCUT2D eigenvalue weighted by Crippen LogP contribution is 2.20. The van der Waals surface area contributed by atoms with Crippen LogP contribution in [0.15, 0.2) is 65.7 Å². The van der Waals surface area contributed by atoms with Gasteiger partial charge in [0, 0.05) is 16.2 Å². The van der Waals surface area contributed by atoms with E-state index in [-0.39, 0.29) is 11.9 Å². The second-order valence-corrected chi connectivity index (χ2v) is 6.99. The second kappa shape index (κ2) is 8.25. The van der Waals surface area contributed by atoms with Crippen molar-refractivity contribution >= 4 is 27.5 Å². The van der Waals surface area contributed by atoms with Crippen LogP contribution in [-0.4, -0.2) is 39.2 Å². The number of benzene rings is 2. The molecule has 0 saturated carbocycles. The normalized spacial score (nSPS) is 12.2. The first-order chi connectivity index (χ1) is 12.5. The summed E-state index contributed by atoms with van der Waals surface area (Å²) in [6.07, 6.45) is 3.17. The number of aromatic nitrogens is 3. The van der Waals surface area contributed by atoms with E-state index >= 15 is 0 Å². The van der Waals surface area contributed by atoms with E-state index < -0.39 is 0 Å². The predicted octanol–water partition coefficient (Wildman–Crippen LogP) is 3.66. The van der Waals surface area contributed by atoms with Gasteiger partial charge in [-0.1, -0.05) is 28.1 Å². The lowest BCUT2D eigenvalue weighted by Crippen LogP contribution is -2.32. The third-order valence-corrected chi connectivity index (χ3v) is 4.77. The molecule has 0 bridgehead atoms. The lowest BCUT2D eigenvalue weighted by atomic mass is 10.1. The zero-order valence-corrected chi connectivity index (χ0v) is 16.2. The minimum Gasteiger partial charge on any atom is -0.325 e. The van der Waals surface area contributed by atoms with Gasteiger partial charge >= 0.3 is 0 Å². The molecule has 1 unspecified atom stereocenters. The standard InChI is InChI=1S/C19H20BrN5O/c1-14(15-3-9-18(10-4-15)25-13-21-12-22-25)24(2)11-19(26)23-17-7-5-16(20)6-8-17/h3-10,12-14H,11H2,1-2H3,(H,23,26). The van der Waals surface area contributed by atoms with Crippen LogP contribution < -0.4 is 5.32 Å². The molecule has 0 fully saturated rings. The number of likely N-dealkylation sites (N-methyl/N-ethyl adjacent to an activating group) is 1. The minimum atomic E-state index is -0.0408. The first-order valence-electron chi connectivity index (χ1n) is 8.23. The number of amides is 1. The highest BCUT2D eigenvalue weighted by molar-refractivity contribution is 9.10. The number of nitrogens with one attached hydrogen (secondary N) is 1. The number of anilines is 1. The van der Waals surface area contributed by atoms with E-state index in [2.05, 4.69) is 38.3 Å². The van der Waals surface area contributed by atoms with Crippen LogP contribution in [0.4, 0.5) is 5.69 Å². The van der Waals surface area contributed by atoms with Gasteiger partial charge in [-0.3, -0.25) is 9.69 Å². The van der Waals surface area contributed by atoms with E-state index in [1.165, 1.54) is 6.33 Å². The zero-order valence-electron chi connectivity index (χ0n) is 14.6. The number of hydrogen-bond acceptors (Lipinski definition) is 4. The van der Waals surface area contributed by atoms with Crippen LogP contribution in [0.25, 0.3) is 5.69 Å². The quantitative estimate of drug-likeness (QED) is 0.669. The largest absolute Gasteiger partial charge is 0.325 e. The molecule has 6 nitrogen and oxygen atoms in total. The van der Waals surface area contributed by atoms with E-state index in [1.807, 2.05) is 60.5 Å². The van der Waals surface area contributed by atoms with Crippen LogP contribution in [0.1, 0.15) is 18.5 Å². The first-order valence-corrected chi connectivity index (χ1v) is 9.03. The molecule has 3 rings (SSSR count). The van der Waals surface area contributed by atoms with Gasteiger partial charge in [0.25, 0.3) is 0 Å². The van der Waals surface area contributed by atoms with Gasteiger partial charge in [0.2, 0.25) is 5.91 Å². The summed E-state index contributed by atoms with van der Waals surface area (Å²) in [7, 11) is 1.94. The second-order valence-electron chi connectivity index (χ2n) is 6.08. The Bertz CT molecular complexity index is 847. The van der Waals surface area contributed by atoms with Crippen molar-refractivity contribution in [3.8, 4) is 5.69 Å². The molecule has 0 aliphatic rings. The summed E-state index contributed by atoms with van der Waals surface area (Å²) in [5, 5.41) is 7.03. The number of rotatable bonds is 6. The van der Waals surface area contributed by atoms with Crippen LogP contribution in [0.2, 0.25) is 0 Å². The van der Waals surface area contributed by atoms with E-state index in [0.29, 0.717) is 6.54 Å². The molecule has 1 amide bonds. The summed E-state index contributed by atoms with van der Waals surface area (Å²) in [6.45, 7) is 2.39. The Labute approximate surface area is 161 Å². The molecular formula is C19H20BrN5O. The van der Waals surface area contributed by atoms with Gasteiger partial charge in [0.05, 0.1) is 12.2 Å². The van der Waals surface area contributed by atoms with Gasteiger partial charge in [-0.05, 0) is 55.9 Å². The van der Waals surface area contributed by atoms with Crippen molar-refractivity contribution in [2.75, 3.05) is 18.9 Å². The summed E-state index contributed by atoms with van der Waals surface area (Å²) >= 11 is 3.38. The maximum Gasteiger partial charge on any atom is 0.238 e. The minimum absolute atomic E-state index is 0.0408. The average Bonchev–Trinajstić information content (AvgIpc) is 3.18. The maximum absolute atomic E-state index is 12.3. The fraction of sp³-hybridized carbons (Fsp3) is 0.211. The van der Waals surface area contributed by atoms with Crippen LogP contribution in [0, 0.1) is 0 Å². The van der Waals surface area contributed by atoms with Gasteiger partial charge in [-0.25, -0.2) is 9.67 Å². The molecule has 0 aliphatic heterocycles. The molecule has 1 aromatic heterocycles. The lowest BCUT2D eigenvalue weighted by Gasteiger charge is -2.24. The molecule has 1 N–H and O–H groups in total. The van der Waals surface area contributed by atoms with E-state index in [4.69, 9.17) is 0 Å². The Morgan fingerprint density at radius 2 is 1.88 bits per heavy atom. The molecule has 1 heterocycles. The summed E-state index contributed by atoms with van der Waals surface area (Å²) in [4.78, 5) is 18.2.